The zero-order valence-electron chi connectivity index (χ0n) is 9.04. The van der Waals surface area contributed by atoms with Crippen molar-refractivity contribution in [2.24, 2.45) is 0 Å². The third-order valence-corrected chi connectivity index (χ3v) is 3.02. The Hall–Kier alpha value is -1.90. The minimum Gasteiger partial charge on any atom is -0.438 e. The summed E-state index contributed by atoms with van der Waals surface area (Å²) in [5.74, 6) is 0.685. The number of nitrogen functional groups attached to an aromatic ring is 1. The summed E-state index contributed by atoms with van der Waals surface area (Å²) in [7, 11) is 0. The first kappa shape index (κ1) is 12.6. The van der Waals surface area contributed by atoms with Crippen molar-refractivity contribution >= 4 is 34.1 Å². The number of nitrogens with zero attached hydrogens (tertiary/aromatic N) is 2. The third kappa shape index (κ3) is 2.67. The van der Waals surface area contributed by atoms with E-state index in [2.05, 4.69) is 27.6 Å². The lowest BCUT2D eigenvalue weighted by Gasteiger charge is -2.06. The SMILES string of the molecule is Nc1nc(Oc2ccccc2I)ccc1[N+](=O)[O-]. The molecular formula is C11H8IN3O3. The lowest BCUT2D eigenvalue weighted by Crippen LogP contribution is -1.99. The van der Waals surface area contributed by atoms with Crippen molar-refractivity contribution in [2.75, 3.05) is 5.73 Å². The summed E-state index contributed by atoms with van der Waals surface area (Å²) < 4.78 is 6.41. The molecular weight excluding hydrogens is 349 g/mol. The lowest BCUT2D eigenvalue weighted by molar-refractivity contribution is -0.384. The van der Waals surface area contributed by atoms with Crippen molar-refractivity contribution in [3.05, 3.63) is 50.1 Å². The van der Waals surface area contributed by atoms with Gasteiger partial charge in [-0.15, -0.1) is 0 Å². The Morgan fingerprint density at radius 2 is 2.00 bits per heavy atom. The van der Waals surface area contributed by atoms with E-state index in [4.69, 9.17) is 10.5 Å². The number of para-hydroxylation sites is 1. The van der Waals surface area contributed by atoms with Crippen LogP contribution in [0.4, 0.5) is 11.5 Å². The van der Waals surface area contributed by atoms with Crippen molar-refractivity contribution in [1.29, 1.82) is 0 Å². The maximum Gasteiger partial charge on any atom is 0.311 e. The number of nitrogens with two attached hydrogens (primary N) is 1. The maximum absolute atomic E-state index is 10.6. The second kappa shape index (κ2) is 5.17. The van der Waals surface area contributed by atoms with Gasteiger partial charge in [-0.2, -0.15) is 4.98 Å². The highest BCUT2D eigenvalue weighted by Gasteiger charge is 2.14. The fourth-order valence-corrected chi connectivity index (χ4v) is 1.80. The summed E-state index contributed by atoms with van der Waals surface area (Å²) in [5, 5.41) is 10.6. The van der Waals surface area contributed by atoms with Crippen LogP contribution in [0.1, 0.15) is 0 Å². The van der Waals surface area contributed by atoms with Gasteiger partial charge in [-0.1, -0.05) is 12.1 Å². The van der Waals surface area contributed by atoms with Gasteiger partial charge in [0.25, 0.3) is 0 Å². The van der Waals surface area contributed by atoms with Gasteiger partial charge < -0.3 is 10.5 Å². The fraction of sp³-hybridized carbons (Fsp3) is 0. The van der Waals surface area contributed by atoms with E-state index in [1.54, 1.807) is 6.07 Å². The molecule has 1 aromatic carbocycles. The number of benzene rings is 1. The van der Waals surface area contributed by atoms with Crippen LogP contribution >= 0.6 is 22.6 Å². The van der Waals surface area contributed by atoms with E-state index >= 15 is 0 Å². The van der Waals surface area contributed by atoms with Crippen LogP contribution in [-0.4, -0.2) is 9.91 Å². The lowest BCUT2D eigenvalue weighted by atomic mass is 10.3. The van der Waals surface area contributed by atoms with Gasteiger partial charge in [0.2, 0.25) is 11.7 Å². The molecule has 0 radical (unpaired) electrons. The largest absolute Gasteiger partial charge is 0.438 e. The molecule has 0 fully saturated rings. The first-order chi connectivity index (χ1) is 8.58. The van der Waals surface area contributed by atoms with Gasteiger partial charge in [-0.25, -0.2) is 0 Å². The molecule has 2 rings (SSSR count). The molecule has 0 unspecified atom stereocenters. The Balaban J connectivity index is 2.29. The van der Waals surface area contributed by atoms with Crippen molar-refractivity contribution in [3.8, 4) is 11.6 Å². The number of hydrogen-bond donors (Lipinski definition) is 1. The van der Waals surface area contributed by atoms with Crippen molar-refractivity contribution in [3.63, 3.8) is 0 Å². The van der Waals surface area contributed by atoms with Gasteiger partial charge in [-0.05, 0) is 34.7 Å². The molecule has 7 heteroatoms. The molecule has 92 valence electrons. The number of rotatable bonds is 3. The van der Waals surface area contributed by atoms with E-state index in [-0.39, 0.29) is 17.4 Å². The monoisotopic (exact) mass is 357 g/mol. The van der Waals surface area contributed by atoms with E-state index in [9.17, 15) is 10.1 Å². The highest BCUT2D eigenvalue weighted by molar-refractivity contribution is 14.1. The standard InChI is InChI=1S/C11H8IN3O3/c12-7-3-1-2-4-9(7)18-10-6-5-8(15(16)17)11(13)14-10/h1-6H,(H2,13,14). The molecule has 0 atom stereocenters. The first-order valence-electron chi connectivity index (χ1n) is 4.91. The number of anilines is 1. The molecule has 0 spiro atoms. The van der Waals surface area contributed by atoms with Crippen LogP contribution in [-0.2, 0) is 0 Å². The highest BCUT2D eigenvalue weighted by atomic mass is 127. The van der Waals surface area contributed by atoms with Crippen LogP contribution in [0.15, 0.2) is 36.4 Å². The van der Waals surface area contributed by atoms with Crippen LogP contribution in [0.3, 0.4) is 0 Å². The fourth-order valence-electron chi connectivity index (χ4n) is 1.30. The smallest absolute Gasteiger partial charge is 0.311 e. The van der Waals surface area contributed by atoms with Gasteiger partial charge in [0.1, 0.15) is 5.75 Å². The third-order valence-electron chi connectivity index (χ3n) is 2.12. The Morgan fingerprint density at radius 3 is 2.61 bits per heavy atom. The van der Waals surface area contributed by atoms with Gasteiger partial charge in [-0.3, -0.25) is 10.1 Å². The second-order valence-corrected chi connectivity index (χ2v) is 4.51. The predicted molar refractivity (Wildman–Crippen MR) is 74.5 cm³/mol. The maximum atomic E-state index is 10.6. The molecule has 0 aliphatic heterocycles. The molecule has 18 heavy (non-hydrogen) atoms. The summed E-state index contributed by atoms with van der Waals surface area (Å²) in [4.78, 5) is 13.8. The number of ether oxygens (including phenoxy) is 1. The number of halogens is 1. The average Bonchev–Trinajstić information content (AvgIpc) is 2.32. The Labute approximate surface area is 116 Å². The summed E-state index contributed by atoms with van der Waals surface area (Å²) in [6.45, 7) is 0. The van der Waals surface area contributed by atoms with Gasteiger partial charge in [0, 0.05) is 12.1 Å². The van der Waals surface area contributed by atoms with E-state index in [1.165, 1.54) is 12.1 Å². The van der Waals surface area contributed by atoms with Crippen LogP contribution in [0.2, 0.25) is 0 Å². The quantitative estimate of drug-likeness (QED) is 0.518. The van der Waals surface area contributed by atoms with Crippen LogP contribution in [0.5, 0.6) is 11.6 Å². The van der Waals surface area contributed by atoms with Gasteiger partial charge >= 0.3 is 5.69 Å². The Kier molecular flexibility index (Phi) is 3.60. The molecule has 2 N–H and O–H groups in total. The zero-order chi connectivity index (χ0) is 13.1. The summed E-state index contributed by atoms with van der Waals surface area (Å²) in [6.07, 6.45) is 0. The minimum atomic E-state index is -0.585. The molecule has 2 aromatic rings. The van der Waals surface area contributed by atoms with Crippen LogP contribution in [0.25, 0.3) is 0 Å². The molecule has 6 nitrogen and oxygen atoms in total. The van der Waals surface area contributed by atoms with Crippen LogP contribution in [0, 0.1) is 13.7 Å². The molecule has 0 amide bonds. The topological polar surface area (TPSA) is 91.3 Å². The number of hydrogen-bond acceptors (Lipinski definition) is 5. The van der Waals surface area contributed by atoms with E-state index < -0.39 is 4.92 Å². The normalized spacial score (nSPS) is 10.1. The van der Waals surface area contributed by atoms with Crippen molar-refractivity contribution in [2.45, 2.75) is 0 Å². The average molecular weight is 357 g/mol. The van der Waals surface area contributed by atoms with E-state index in [1.807, 2.05) is 18.2 Å². The molecule has 0 bridgehead atoms. The number of aromatic nitrogens is 1. The van der Waals surface area contributed by atoms with E-state index in [0.717, 1.165) is 3.57 Å². The Bertz CT molecular complexity index is 604. The summed E-state index contributed by atoms with van der Waals surface area (Å²) in [6, 6.07) is 10.1. The second-order valence-electron chi connectivity index (χ2n) is 3.34. The zero-order valence-corrected chi connectivity index (χ0v) is 11.2. The summed E-state index contributed by atoms with van der Waals surface area (Å²) in [5.41, 5.74) is 5.25. The van der Waals surface area contributed by atoms with Crippen molar-refractivity contribution < 1.29 is 9.66 Å². The van der Waals surface area contributed by atoms with Crippen LogP contribution < -0.4 is 10.5 Å². The van der Waals surface area contributed by atoms with Gasteiger partial charge in [0.15, 0.2) is 0 Å². The van der Waals surface area contributed by atoms with Crippen molar-refractivity contribution in [1.82, 2.24) is 4.98 Å². The highest BCUT2D eigenvalue weighted by Crippen LogP contribution is 2.28. The number of nitro groups is 1. The predicted octanol–water partition coefficient (Wildman–Crippen LogP) is 2.97. The first-order valence-corrected chi connectivity index (χ1v) is 5.99. The Morgan fingerprint density at radius 1 is 1.28 bits per heavy atom. The molecule has 0 aliphatic rings. The molecule has 1 aromatic heterocycles. The van der Waals surface area contributed by atoms with E-state index in [0.29, 0.717) is 5.75 Å². The van der Waals surface area contributed by atoms with Gasteiger partial charge in [0.05, 0.1) is 8.49 Å². The molecule has 0 saturated carbocycles. The number of pyridine rings is 1. The summed E-state index contributed by atoms with van der Waals surface area (Å²) >= 11 is 2.12. The molecule has 0 saturated heterocycles. The minimum absolute atomic E-state index is 0.163. The molecule has 0 aliphatic carbocycles. The molecule has 1 heterocycles.